The van der Waals surface area contributed by atoms with Crippen molar-refractivity contribution in [3.8, 4) is 0 Å². The highest BCUT2D eigenvalue weighted by molar-refractivity contribution is 5.90. The fourth-order valence-electron chi connectivity index (χ4n) is 1.55. The van der Waals surface area contributed by atoms with Gasteiger partial charge in [0.15, 0.2) is 0 Å². The minimum absolute atomic E-state index is 0.0458. The molecule has 8 nitrogen and oxygen atoms in total. The largest absolute Gasteiger partial charge is 0.383 e. The molecule has 102 valence electrons. The van der Waals surface area contributed by atoms with E-state index in [0.717, 1.165) is 0 Å². The summed E-state index contributed by atoms with van der Waals surface area (Å²) >= 11 is 0. The van der Waals surface area contributed by atoms with Gasteiger partial charge in [-0.15, -0.1) is 5.10 Å². The van der Waals surface area contributed by atoms with E-state index in [4.69, 9.17) is 15.2 Å². The van der Waals surface area contributed by atoms with Gasteiger partial charge in [0.25, 0.3) is 5.91 Å². The maximum Gasteiger partial charge on any atom is 0.291 e. The first-order chi connectivity index (χ1) is 8.60. The highest BCUT2D eigenvalue weighted by Crippen LogP contribution is 2.06. The first kappa shape index (κ1) is 14.4. The standard InChI is InChI=1S/C10H19N5O3/c1-7(6-18-3)15(4-5-17-2)9(16)8-12-10(11)14-13-8/h7H,4-6H2,1-3H3,(H3,11,12,13,14). The molecule has 1 amide bonds. The second kappa shape index (κ2) is 6.92. The van der Waals surface area contributed by atoms with Gasteiger partial charge >= 0.3 is 0 Å². The lowest BCUT2D eigenvalue weighted by Crippen LogP contribution is -2.43. The molecule has 1 aromatic heterocycles. The van der Waals surface area contributed by atoms with Gasteiger partial charge in [-0.05, 0) is 6.92 Å². The molecule has 18 heavy (non-hydrogen) atoms. The van der Waals surface area contributed by atoms with Crippen molar-refractivity contribution >= 4 is 11.9 Å². The Morgan fingerprint density at radius 3 is 2.72 bits per heavy atom. The van der Waals surface area contributed by atoms with Crippen LogP contribution in [0.3, 0.4) is 0 Å². The summed E-state index contributed by atoms with van der Waals surface area (Å²) in [6.45, 7) is 3.19. The van der Waals surface area contributed by atoms with E-state index in [1.807, 2.05) is 6.92 Å². The number of hydrogen-bond acceptors (Lipinski definition) is 6. The van der Waals surface area contributed by atoms with Gasteiger partial charge in [0.2, 0.25) is 11.8 Å². The molecular formula is C10H19N5O3. The molecule has 1 rings (SSSR count). The molecule has 0 aliphatic carbocycles. The van der Waals surface area contributed by atoms with E-state index in [2.05, 4.69) is 15.2 Å². The Balaban J connectivity index is 2.77. The molecule has 0 aliphatic rings. The van der Waals surface area contributed by atoms with Gasteiger partial charge in [-0.2, -0.15) is 4.98 Å². The number of nitrogens with two attached hydrogens (primary N) is 1. The lowest BCUT2D eigenvalue weighted by molar-refractivity contribution is 0.0469. The topological polar surface area (TPSA) is 106 Å². The molecular weight excluding hydrogens is 238 g/mol. The number of amides is 1. The number of aromatic amines is 1. The van der Waals surface area contributed by atoms with Crippen molar-refractivity contribution in [1.29, 1.82) is 0 Å². The van der Waals surface area contributed by atoms with Crippen LogP contribution in [0.25, 0.3) is 0 Å². The van der Waals surface area contributed by atoms with Gasteiger partial charge in [-0.25, -0.2) is 0 Å². The summed E-state index contributed by atoms with van der Waals surface area (Å²) in [5.41, 5.74) is 5.38. The maximum atomic E-state index is 12.2. The predicted octanol–water partition coefficient (Wildman–Crippen LogP) is -0.490. The number of H-pyrrole nitrogens is 1. The van der Waals surface area contributed by atoms with Crippen LogP contribution in [0, 0.1) is 0 Å². The highest BCUT2D eigenvalue weighted by Gasteiger charge is 2.23. The fourth-order valence-corrected chi connectivity index (χ4v) is 1.55. The number of hydrogen-bond donors (Lipinski definition) is 2. The van der Waals surface area contributed by atoms with Gasteiger partial charge in [-0.3, -0.25) is 9.89 Å². The SMILES string of the molecule is COCCN(C(=O)c1nc(N)n[nH]1)C(C)COC. The zero-order chi connectivity index (χ0) is 13.5. The lowest BCUT2D eigenvalue weighted by atomic mass is 10.3. The molecule has 0 saturated carbocycles. The Morgan fingerprint density at radius 1 is 1.50 bits per heavy atom. The van der Waals surface area contributed by atoms with E-state index in [1.165, 1.54) is 0 Å². The third-order valence-corrected chi connectivity index (χ3v) is 2.44. The second-order valence-electron chi connectivity index (χ2n) is 3.84. The van der Waals surface area contributed by atoms with Crippen LogP contribution in [-0.4, -0.2) is 66.0 Å². The Morgan fingerprint density at radius 2 is 2.22 bits per heavy atom. The van der Waals surface area contributed by atoms with Gasteiger partial charge in [0.05, 0.1) is 19.3 Å². The maximum absolute atomic E-state index is 12.2. The molecule has 1 aromatic rings. The number of aromatic nitrogens is 3. The average Bonchev–Trinajstić information content (AvgIpc) is 2.76. The number of rotatable bonds is 7. The Hall–Kier alpha value is -1.67. The van der Waals surface area contributed by atoms with Crippen LogP contribution in [-0.2, 0) is 9.47 Å². The van der Waals surface area contributed by atoms with Crippen LogP contribution in [0.1, 0.15) is 17.5 Å². The minimum Gasteiger partial charge on any atom is -0.383 e. The molecule has 1 heterocycles. The molecule has 0 fully saturated rings. The van der Waals surface area contributed by atoms with Crippen LogP contribution < -0.4 is 5.73 Å². The second-order valence-corrected chi connectivity index (χ2v) is 3.84. The Bertz CT molecular complexity index is 381. The molecule has 1 unspecified atom stereocenters. The number of anilines is 1. The lowest BCUT2D eigenvalue weighted by Gasteiger charge is -2.27. The number of ether oxygens (including phenoxy) is 2. The number of nitrogens with one attached hydrogen (secondary N) is 1. The Labute approximate surface area is 105 Å². The molecule has 0 bridgehead atoms. The molecule has 0 aromatic carbocycles. The number of nitrogens with zero attached hydrogens (tertiary/aromatic N) is 3. The van der Waals surface area contributed by atoms with Crippen LogP contribution in [0.4, 0.5) is 5.95 Å². The van der Waals surface area contributed by atoms with Gasteiger partial charge in [0, 0.05) is 20.8 Å². The molecule has 0 spiro atoms. The zero-order valence-corrected chi connectivity index (χ0v) is 10.8. The monoisotopic (exact) mass is 257 g/mol. The number of methoxy groups -OCH3 is 2. The summed E-state index contributed by atoms with van der Waals surface area (Å²) in [6.07, 6.45) is 0. The van der Waals surface area contributed by atoms with E-state index < -0.39 is 0 Å². The van der Waals surface area contributed by atoms with Gasteiger partial charge < -0.3 is 20.1 Å². The van der Waals surface area contributed by atoms with Crippen molar-refractivity contribution in [2.75, 3.05) is 39.7 Å². The molecule has 0 radical (unpaired) electrons. The van der Waals surface area contributed by atoms with Crippen LogP contribution in [0.2, 0.25) is 0 Å². The highest BCUT2D eigenvalue weighted by atomic mass is 16.5. The minimum atomic E-state index is -0.277. The van der Waals surface area contributed by atoms with E-state index in [0.29, 0.717) is 19.8 Å². The van der Waals surface area contributed by atoms with E-state index in [9.17, 15) is 4.79 Å². The third-order valence-electron chi connectivity index (χ3n) is 2.44. The molecule has 8 heteroatoms. The first-order valence-corrected chi connectivity index (χ1v) is 5.56. The van der Waals surface area contributed by atoms with Crippen molar-refractivity contribution in [2.45, 2.75) is 13.0 Å². The summed E-state index contributed by atoms with van der Waals surface area (Å²) in [4.78, 5) is 17.6. The summed E-state index contributed by atoms with van der Waals surface area (Å²) in [7, 11) is 3.16. The quantitative estimate of drug-likeness (QED) is 0.682. The smallest absolute Gasteiger partial charge is 0.291 e. The van der Waals surface area contributed by atoms with Crippen LogP contribution in [0.5, 0.6) is 0 Å². The van der Waals surface area contributed by atoms with Crippen LogP contribution in [0.15, 0.2) is 0 Å². The number of carbonyl (C=O) groups is 1. The van der Waals surface area contributed by atoms with E-state index in [1.54, 1.807) is 19.1 Å². The van der Waals surface area contributed by atoms with Crippen molar-refractivity contribution in [1.82, 2.24) is 20.1 Å². The summed E-state index contributed by atoms with van der Waals surface area (Å²) in [6, 6.07) is -0.0935. The Kier molecular flexibility index (Phi) is 5.53. The predicted molar refractivity (Wildman–Crippen MR) is 65.0 cm³/mol. The van der Waals surface area contributed by atoms with Crippen LogP contribution >= 0.6 is 0 Å². The van der Waals surface area contributed by atoms with Crippen molar-refractivity contribution in [3.63, 3.8) is 0 Å². The van der Waals surface area contributed by atoms with Gasteiger partial charge in [0.1, 0.15) is 0 Å². The summed E-state index contributed by atoms with van der Waals surface area (Å²) in [5, 5.41) is 6.14. The van der Waals surface area contributed by atoms with Crippen molar-refractivity contribution in [2.24, 2.45) is 0 Å². The fraction of sp³-hybridized carbons (Fsp3) is 0.700. The van der Waals surface area contributed by atoms with Crippen molar-refractivity contribution in [3.05, 3.63) is 5.82 Å². The number of nitrogen functional groups attached to an aromatic ring is 1. The number of carbonyl (C=O) groups excluding carboxylic acids is 1. The van der Waals surface area contributed by atoms with Gasteiger partial charge in [-0.1, -0.05) is 0 Å². The molecule has 3 N–H and O–H groups in total. The van der Waals surface area contributed by atoms with E-state index in [-0.39, 0.29) is 23.7 Å². The van der Waals surface area contributed by atoms with Crippen molar-refractivity contribution < 1.29 is 14.3 Å². The zero-order valence-electron chi connectivity index (χ0n) is 10.8. The summed E-state index contributed by atoms with van der Waals surface area (Å²) < 4.78 is 10.0. The summed E-state index contributed by atoms with van der Waals surface area (Å²) in [5.74, 6) is -0.114. The molecule has 0 aliphatic heterocycles. The first-order valence-electron chi connectivity index (χ1n) is 5.56. The average molecular weight is 257 g/mol. The molecule has 0 saturated heterocycles. The third kappa shape index (κ3) is 3.67. The normalized spacial score (nSPS) is 12.4. The van der Waals surface area contributed by atoms with E-state index >= 15 is 0 Å². The molecule has 1 atom stereocenters.